The highest BCUT2D eigenvalue weighted by Crippen LogP contribution is 2.54. The van der Waals surface area contributed by atoms with Crippen molar-refractivity contribution in [3.05, 3.63) is 57.9 Å². The van der Waals surface area contributed by atoms with Gasteiger partial charge in [0.05, 0.1) is 0 Å². The van der Waals surface area contributed by atoms with E-state index in [-0.39, 0.29) is 28.3 Å². The van der Waals surface area contributed by atoms with Gasteiger partial charge in [0.1, 0.15) is 0 Å². The Hall–Kier alpha value is -2.16. The number of benzene rings is 1. The average Bonchev–Trinajstić information content (AvgIpc) is 2.67. The lowest BCUT2D eigenvalue weighted by molar-refractivity contribution is -0.119. The van der Waals surface area contributed by atoms with Crippen LogP contribution in [0.15, 0.2) is 46.8 Å². The van der Waals surface area contributed by atoms with E-state index in [0.29, 0.717) is 12.8 Å². The summed E-state index contributed by atoms with van der Waals surface area (Å²) in [6.45, 7) is 14.1. The van der Waals surface area contributed by atoms with Gasteiger partial charge in [-0.15, -0.1) is 0 Å². The standard InChI is InChI=1S/C29H39NO2/c1-7-8-11-14-30-21-15-28(3,4)17-23(31)26(21)25(20-13-10-9-12-19(20)2)27-22(30)16-29(5,6)18-24(27)32/h9-10,12-13,25H,7-8,11,14-18H2,1-6H3. The molecule has 0 unspecified atom stereocenters. The average molecular weight is 434 g/mol. The molecule has 3 nitrogen and oxygen atoms in total. The monoisotopic (exact) mass is 433 g/mol. The highest BCUT2D eigenvalue weighted by atomic mass is 16.1. The zero-order chi connectivity index (χ0) is 23.3. The highest BCUT2D eigenvalue weighted by Gasteiger charge is 2.48. The summed E-state index contributed by atoms with van der Waals surface area (Å²) >= 11 is 0. The molecule has 172 valence electrons. The molecule has 0 radical (unpaired) electrons. The number of unbranched alkanes of at least 4 members (excludes halogenated alkanes) is 2. The highest BCUT2D eigenvalue weighted by molar-refractivity contribution is 6.06. The second kappa shape index (κ2) is 8.32. The number of carbonyl (C=O) groups excluding carboxylic acids is 2. The molecule has 0 fully saturated rings. The largest absolute Gasteiger partial charge is 0.348 e. The van der Waals surface area contributed by atoms with E-state index >= 15 is 0 Å². The molecule has 2 aliphatic carbocycles. The molecule has 4 rings (SSSR count). The normalized spacial score (nSPS) is 22.9. The molecule has 0 atom stereocenters. The Labute approximate surface area is 194 Å². The smallest absolute Gasteiger partial charge is 0.162 e. The molecule has 3 aliphatic rings. The lowest BCUT2D eigenvalue weighted by atomic mass is 9.63. The Kier molecular flexibility index (Phi) is 5.98. The Morgan fingerprint density at radius 2 is 1.38 bits per heavy atom. The molecule has 1 aromatic rings. The van der Waals surface area contributed by atoms with Crippen molar-refractivity contribution in [3.63, 3.8) is 0 Å². The molecule has 0 N–H and O–H groups in total. The van der Waals surface area contributed by atoms with Crippen molar-refractivity contribution >= 4 is 11.6 Å². The van der Waals surface area contributed by atoms with E-state index in [1.807, 2.05) is 12.1 Å². The molecule has 1 heterocycles. The van der Waals surface area contributed by atoms with Crippen LogP contribution in [0.2, 0.25) is 0 Å². The fourth-order valence-electron chi connectivity index (χ4n) is 6.06. The summed E-state index contributed by atoms with van der Waals surface area (Å²) in [7, 11) is 0. The maximum absolute atomic E-state index is 13.7. The molecule has 0 saturated heterocycles. The van der Waals surface area contributed by atoms with E-state index in [0.717, 1.165) is 60.9 Å². The fourth-order valence-corrected chi connectivity index (χ4v) is 6.06. The number of aryl methyl sites for hydroxylation is 1. The summed E-state index contributed by atoms with van der Waals surface area (Å²) in [5.74, 6) is 0.249. The fraction of sp³-hybridized carbons (Fsp3) is 0.586. The molecule has 1 aromatic carbocycles. The van der Waals surface area contributed by atoms with E-state index in [2.05, 4.69) is 58.6 Å². The summed E-state index contributed by atoms with van der Waals surface area (Å²) in [6.07, 6.45) is 6.31. The number of rotatable bonds is 5. The first-order valence-corrected chi connectivity index (χ1v) is 12.4. The van der Waals surface area contributed by atoms with Gasteiger partial charge >= 0.3 is 0 Å². The molecule has 0 bridgehead atoms. The van der Waals surface area contributed by atoms with Crippen LogP contribution in [0.1, 0.15) is 96.6 Å². The van der Waals surface area contributed by atoms with Crippen LogP contribution < -0.4 is 0 Å². The van der Waals surface area contributed by atoms with Crippen molar-refractivity contribution in [1.82, 2.24) is 4.90 Å². The third-order valence-electron chi connectivity index (χ3n) is 7.51. The van der Waals surface area contributed by atoms with Crippen LogP contribution in [0.25, 0.3) is 0 Å². The van der Waals surface area contributed by atoms with Crippen LogP contribution in [0.4, 0.5) is 0 Å². The van der Waals surface area contributed by atoms with Gasteiger partial charge in [-0.2, -0.15) is 0 Å². The zero-order valence-corrected chi connectivity index (χ0v) is 20.8. The molecule has 0 amide bonds. The van der Waals surface area contributed by atoms with E-state index in [9.17, 15) is 9.59 Å². The molecule has 1 aliphatic heterocycles. The van der Waals surface area contributed by atoms with Crippen molar-refractivity contribution in [1.29, 1.82) is 0 Å². The summed E-state index contributed by atoms with van der Waals surface area (Å²) in [5.41, 5.74) is 6.37. The topological polar surface area (TPSA) is 37.4 Å². The van der Waals surface area contributed by atoms with Crippen molar-refractivity contribution in [3.8, 4) is 0 Å². The second-order valence-electron chi connectivity index (χ2n) is 11.8. The number of ketones is 2. The van der Waals surface area contributed by atoms with Gasteiger partial charge in [0, 0.05) is 47.8 Å². The third-order valence-corrected chi connectivity index (χ3v) is 7.51. The first kappa shape index (κ1) is 23.0. The Morgan fingerprint density at radius 1 is 0.844 bits per heavy atom. The lowest BCUT2D eigenvalue weighted by Crippen LogP contribution is -2.44. The summed E-state index contributed by atoms with van der Waals surface area (Å²) in [4.78, 5) is 29.8. The van der Waals surface area contributed by atoms with E-state index in [1.165, 1.54) is 11.4 Å². The van der Waals surface area contributed by atoms with Crippen LogP contribution in [0, 0.1) is 17.8 Å². The Balaban J connectivity index is 1.96. The summed E-state index contributed by atoms with van der Waals surface area (Å²) in [6, 6.07) is 8.33. The Bertz CT molecular complexity index is 954. The number of nitrogens with zero attached hydrogens (tertiary/aromatic N) is 1. The van der Waals surface area contributed by atoms with Crippen LogP contribution in [0.3, 0.4) is 0 Å². The van der Waals surface area contributed by atoms with Gasteiger partial charge in [-0.05, 0) is 48.1 Å². The van der Waals surface area contributed by atoms with Crippen LogP contribution in [-0.4, -0.2) is 23.0 Å². The molecule has 3 heteroatoms. The quantitative estimate of drug-likeness (QED) is 0.475. The van der Waals surface area contributed by atoms with Crippen LogP contribution in [-0.2, 0) is 9.59 Å². The van der Waals surface area contributed by atoms with Gasteiger partial charge in [-0.25, -0.2) is 0 Å². The van der Waals surface area contributed by atoms with Crippen molar-refractivity contribution in [2.24, 2.45) is 10.8 Å². The predicted octanol–water partition coefficient (Wildman–Crippen LogP) is 6.87. The van der Waals surface area contributed by atoms with Crippen LogP contribution >= 0.6 is 0 Å². The van der Waals surface area contributed by atoms with Gasteiger partial charge in [-0.1, -0.05) is 71.7 Å². The van der Waals surface area contributed by atoms with Gasteiger partial charge in [0.2, 0.25) is 0 Å². The maximum atomic E-state index is 13.7. The van der Waals surface area contributed by atoms with Crippen molar-refractivity contribution < 1.29 is 9.59 Å². The number of carbonyl (C=O) groups is 2. The minimum Gasteiger partial charge on any atom is -0.348 e. The number of allylic oxidation sites excluding steroid dienone is 4. The number of Topliss-reactive ketones (excluding diaryl/α,β-unsaturated/α-hetero) is 2. The van der Waals surface area contributed by atoms with Gasteiger partial charge in [0.25, 0.3) is 0 Å². The van der Waals surface area contributed by atoms with Crippen molar-refractivity contribution in [2.45, 2.75) is 92.4 Å². The molecular formula is C29H39NO2. The predicted molar refractivity (Wildman–Crippen MR) is 130 cm³/mol. The molecule has 0 spiro atoms. The second-order valence-corrected chi connectivity index (χ2v) is 11.8. The number of hydrogen-bond acceptors (Lipinski definition) is 3. The van der Waals surface area contributed by atoms with Crippen molar-refractivity contribution in [2.75, 3.05) is 6.54 Å². The van der Waals surface area contributed by atoms with E-state index < -0.39 is 0 Å². The van der Waals surface area contributed by atoms with E-state index in [1.54, 1.807) is 0 Å². The first-order chi connectivity index (χ1) is 15.0. The van der Waals surface area contributed by atoms with Gasteiger partial charge in [0.15, 0.2) is 11.6 Å². The molecular weight excluding hydrogens is 394 g/mol. The number of hydrogen-bond donors (Lipinski definition) is 0. The third kappa shape index (κ3) is 4.11. The minimum atomic E-state index is -0.212. The Morgan fingerprint density at radius 3 is 1.88 bits per heavy atom. The SMILES string of the molecule is CCCCCN1C2=C(C(=O)CC(C)(C)C2)C(c2ccccc2C)C2=C1CC(C)(C)CC2=O. The maximum Gasteiger partial charge on any atom is 0.162 e. The molecule has 0 saturated carbocycles. The van der Waals surface area contributed by atoms with E-state index in [4.69, 9.17) is 0 Å². The minimum absolute atomic E-state index is 0.0541. The first-order valence-electron chi connectivity index (χ1n) is 12.4. The molecule has 0 aromatic heterocycles. The summed E-state index contributed by atoms with van der Waals surface area (Å²) in [5, 5.41) is 0. The zero-order valence-electron chi connectivity index (χ0n) is 20.8. The lowest BCUT2D eigenvalue weighted by Gasteiger charge is -2.49. The molecule has 32 heavy (non-hydrogen) atoms. The van der Waals surface area contributed by atoms with Crippen LogP contribution in [0.5, 0.6) is 0 Å². The van der Waals surface area contributed by atoms with Gasteiger partial charge < -0.3 is 4.90 Å². The van der Waals surface area contributed by atoms with Gasteiger partial charge in [-0.3, -0.25) is 9.59 Å². The summed E-state index contributed by atoms with van der Waals surface area (Å²) < 4.78 is 0.